The van der Waals surface area contributed by atoms with Crippen LogP contribution >= 0.6 is 0 Å². The zero-order valence-electron chi connectivity index (χ0n) is 13.9. The number of amides is 2. The summed E-state index contributed by atoms with van der Waals surface area (Å²) in [6.07, 6.45) is 0. The fraction of sp³-hybridized carbons (Fsp3) is 0.263. The third-order valence-corrected chi connectivity index (χ3v) is 3.57. The maximum absolute atomic E-state index is 12.3. The van der Waals surface area contributed by atoms with Gasteiger partial charge in [-0.15, -0.1) is 0 Å². The van der Waals surface area contributed by atoms with Crippen LogP contribution in [0.15, 0.2) is 60.7 Å². The van der Waals surface area contributed by atoms with Crippen molar-refractivity contribution in [2.75, 3.05) is 20.2 Å². The second kappa shape index (κ2) is 8.72. The molecule has 0 spiro atoms. The highest BCUT2D eigenvalue weighted by molar-refractivity contribution is 5.97. The van der Waals surface area contributed by atoms with Crippen LogP contribution in [0.4, 0.5) is 0 Å². The Hall–Kier alpha value is -2.82. The molecule has 0 saturated heterocycles. The van der Waals surface area contributed by atoms with E-state index in [1.165, 1.54) is 0 Å². The van der Waals surface area contributed by atoms with Gasteiger partial charge in [-0.2, -0.15) is 0 Å². The van der Waals surface area contributed by atoms with Gasteiger partial charge in [0, 0.05) is 12.6 Å². The molecule has 0 fully saturated rings. The number of benzene rings is 2. The van der Waals surface area contributed by atoms with E-state index in [9.17, 15) is 9.59 Å². The maximum Gasteiger partial charge on any atom is 0.251 e. The van der Waals surface area contributed by atoms with Crippen LogP contribution in [0.1, 0.15) is 17.3 Å². The van der Waals surface area contributed by atoms with Crippen molar-refractivity contribution in [3.05, 3.63) is 66.2 Å². The van der Waals surface area contributed by atoms with Gasteiger partial charge in [0.2, 0.25) is 5.91 Å². The van der Waals surface area contributed by atoms with Gasteiger partial charge >= 0.3 is 0 Å². The van der Waals surface area contributed by atoms with Gasteiger partial charge in [0.25, 0.3) is 5.91 Å². The minimum Gasteiger partial charge on any atom is -0.492 e. The predicted octanol–water partition coefficient (Wildman–Crippen LogP) is 2.34. The van der Waals surface area contributed by atoms with Crippen molar-refractivity contribution >= 4 is 11.8 Å². The number of para-hydroxylation sites is 1. The predicted molar refractivity (Wildman–Crippen MR) is 92.9 cm³/mol. The Morgan fingerprint density at radius 1 is 1.04 bits per heavy atom. The number of rotatable bonds is 7. The number of nitrogens with zero attached hydrogens (tertiary/aromatic N) is 1. The molecule has 126 valence electrons. The zero-order chi connectivity index (χ0) is 17.4. The first-order valence-electron chi connectivity index (χ1n) is 7.86. The number of nitrogens with one attached hydrogen (secondary N) is 1. The molecule has 1 N–H and O–H groups in total. The maximum atomic E-state index is 12.3. The van der Waals surface area contributed by atoms with Crippen LogP contribution < -0.4 is 10.1 Å². The molecule has 5 nitrogen and oxygen atoms in total. The van der Waals surface area contributed by atoms with Crippen LogP contribution in [-0.4, -0.2) is 43.0 Å². The average Bonchev–Trinajstić information content (AvgIpc) is 2.62. The smallest absolute Gasteiger partial charge is 0.251 e. The number of hydrogen-bond donors (Lipinski definition) is 1. The normalized spacial score (nSPS) is 11.4. The van der Waals surface area contributed by atoms with Gasteiger partial charge in [-0.3, -0.25) is 9.59 Å². The van der Waals surface area contributed by atoms with Crippen molar-refractivity contribution in [3.8, 4) is 5.75 Å². The molecular formula is C19H22N2O3. The van der Waals surface area contributed by atoms with Crippen LogP contribution in [0.2, 0.25) is 0 Å². The molecule has 0 aliphatic rings. The molecule has 2 aromatic carbocycles. The molecule has 2 aromatic rings. The van der Waals surface area contributed by atoms with Crippen LogP contribution in [0.5, 0.6) is 5.75 Å². The largest absolute Gasteiger partial charge is 0.492 e. The van der Waals surface area contributed by atoms with E-state index >= 15 is 0 Å². The Kier molecular flexibility index (Phi) is 6.37. The van der Waals surface area contributed by atoms with E-state index in [0.717, 1.165) is 5.75 Å². The minimum absolute atomic E-state index is 0.157. The highest BCUT2D eigenvalue weighted by Crippen LogP contribution is 2.08. The zero-order valence-corrected chi connectivity index (χ0v) is 13.9. The van der Waals surface area contributed by atoms with Crippen molar-refractivity contribution in [3.63, 3.8) is 0 Å². The Morgan fingerprint density at radius 2 is 1.62 bits per heavy atom. The molecule has 0 aromatic heterocycles. The summed E-state index contributed by atoms with van der Waals surface area (Å²) in [5.74, 6) is 0.352. The van der Waals surface area contributed by atoms with Crippen molar-refractivity contribution in [2.24, 2.45) is 0 Å². The first-order chi connectivity index (χ1) is 11.6. The first-order valence-corrected chi connectivity index (χ1v) is 7.86. The highest BCUT2D eigenvalue weighted by Gasteiger charge is 2.19. The number of carbonyl (C=O) groups is 2. The summed E-state index contributed by atoms with van der Waals surface area (Å²) in [6, 6.07) is 17.7. The van der Waals surface area contributed by atoms with Gasteiger partial charge in [0.05, 0.1) is 6.54 Å². The van der Waals surface area contributed by atoms with E-state index in [1.807, 2.05) is 36.4 Å². The van der Waals surface area contributed by atoms with E-state index in [1.54, 1.807) is 43.1 Å². The van der Waals surface area contributed by atoms with Crippen LogP contribution in [-0.2, 0) is 4.79 Å². The van der Waals surface area contributed by atoms with Crippen molar-refractivity contribution in [2.45, 2.75) is 13.0 Å². The minimum atomic E-state index is -0.598. The Balaban J connectivity index is 1.78. The quantitative estimate of drug-likeness (QED) is 0.849. The average molecular weight is 326 g/mol. The van der Waals surface area contributed by atoms with Crippen LogP contribution in [0, 0.1) is 0 Å². The molecular weight excluding hydrogens is 304 g/mol. The summed E-state index contributed by atoms with van der Waals surface area (Å²) >= 11 is 0. The molecule has 0 heterocycles. The topological polar surface area (TPSA) is 58.6 Å². The summed E-state index contributed by atoms with van der Waals surface area (Å²) in [6.45, 7) is 2.52. The fourth-order valence-corrected chi connectivity index (χ4v) is 2.19. The molecule has 0 aliphatic heterocycles. The third kappa shape index (κ3) is 5.12. The molecule has 2 rings (SSSR count). The standard InChI is InChI=1S/C19H22N2O3/c1-15(20-18(22)16-9-5-3-6-10-16)19(23)21(2)13-14-24-17-11-7-4-8-12-17/h3-12,15H,13-14H2,1-2H3,(H,20,22). The first kappa shape index (κ1) is 17.5. The number of hydrogen-bond acceptors (Lipinski definition) is 3. The molecule has 2 amide bonds. The second-order valence-electron chi connectivity index (χ2n) is 5.48. The third-order valence-electron chi connectivity index (χ3n) is 3.57. The van der Waals surface area contributed by atoms with E-state index in [2.05, 4.69) is 5.32 Å². The summed E-state index contributed by atoms with van der Waals surface area (Å²) < 4.78 is 5.58. The van der Waals surface area contributed by atoms with Gasteiger partial charge in [-0.25, -0.2) is 0 Å². The lowest BCUT2D eigenvalue weighted by Crippen LogP contribution is -2.46. The Labute approximate surface area is 142 Å². The molecule has 0 aliphatic carbocycles. The van der Waals surface area contributed by atoms with Crippen molar-refractivity contribution in [1.29, 1.82) is 0 Å². The number of ether oxygens (including phenoxy) is 1. The molecule has 0 radical (unpaired) electrons. The molecule has 1 atom stereocenters. The highest BCUT2D eigenvalue weighted by atomic mass is 16.5. The van der Waals surface area contributed by atoms with Crippen LogP contribution in [0.25, 0.3) is 0 Å². The second-order valence-corrected chi connectivity index (χ2v) is 5.48. The molecule has 5 heteroatoms. The summed E-state index contributed by atoms with van der Waals surface area (Å²) in [4.78, 5) is 25.9. The van der Waals surface area contributed by atoms with Gasteiger partial charge < -0.3 is 15.0 Å². The summed E-state index contributed by atoms with van der Waals surface area (Å²) in [5, 5.41) is 2.71. The van der Waals surface area contributed by atoms with E-state index < -0.39 is 6.04 Å². The lowest BCUT2D eigenvalue weighted by Gasteiger charge is -2.22. The van der Waals surface area contributed by atoms with Gasteiger partial charge in [0.1, 0.15) is 18.4 Å². The lowest BCUT2D eigenvalue weighted by atomic mass is 10.2. The molecule has 0 bridgehead atoms. The lowest BCUT2D eigenvalue weighted by molar-refractivity contribution is -0.131. The van der Waals surface area contributed by atoms with E-state index in [4.69, 9.17) is 4.74 Å². The fourth-order valence-electron chi connectivity index (χ4n) is 2.19. The van der Waals surface area contributed by atoms with Crippen molar-refractivity contribution < 1.29 is 14.3 Å². The van der Waals surface area contributed by atoms with E-state index in [-0.39, 0.29) is 11.8 Å². The van der Waals surface area contributed by atoms with Gasteiger partial charge in [-0.05, 0) is 31.2 Å². The van der Waals surface area contributed by atoms with E-state index in [0.29, 0.717) is 18.7 Å². The van der Waals surface area contributed by atoms with Crippen LogP contribution in [0.3, 0.4) is 0 Å². The molecule has 1 unspecified atom stereocenters. The van der Waals surface area contributed by atoms with Gasteiger partial charge in [-0.1, -0.05) is 36.4 Å². The summed E-state index contributed by atoms with van der Waals surface area (Å²) in [5.41, 5.74) is 0.534. The molecule has 24 heavy (non-hydrogen) atoms. The Morgan fingerprint density at radius 3 is 2.25 bits per heavy atom. The monoisotopic (exact) mass is 326 g/mol. The Bertz CT molecular complexity index is 659. The summed E-state index contributed by atoms with van der Waals surface area (Å²) in [7, 11) is 1.70. The van der Waals surface area contributed by atoms with Gasteiger partial charge in [0.15, 0.2) is 0 Å². The van der Waals surface area contributed by atoms with Crippen molar-refractivity contribution in [1.82, 2.24) is 10.2 Å². The number of likely N-dealkylation sites (N-methyl/N-ethyl adjacent to an activating group) is 1. The number of carbonyl (C=O) groups excluding carboxylic acids is 2. The SMILES string of the molecule is CC(NC(=O)c1ccccc1)C(=O)N(C)CCOc1ccccc1. The molecule has 0 saturated carbocycles.